The van der Waals surface area contributed by atoms with Crippen molar-refractivity contribution in [2.45, 2.75) is 47.3 Å². The maximum atomic E-state index is 15.6. The summed E-state index contributed by atoms with van der Waals surface area (Å²) >= 11 is 0. The Morgan fingerprint density at radius 3 is 1.80 bits per heavy atom. The van der Waals surface area contributed by atoms with Crippen molar-refractivity contribution in [2.75, 3.05) is 19.8 Å². The molecule has 0 aromatic heterocycles. The molecule has 144 valence electrons. The van der Waals surface area contributed by atoms with E-state index in [4.69, 9.17) is 0 Å². The average molecular weight is 364 g/mol. The molecule has 0 bridgehead atoms. The quantitative estimate of drug-likeness (QED) is 0.252. The summed E-state index contributed by atoms with van der Waals surface area (Å²) in [5.74, 6) is -6.59. The number of ether oxygens (including phenoxy) is 3. The standard InChI is InChI=1S/C15H25FN2O7/c1-7-23-11(20)15(16,10(19)14(4,5)6)18(13(22)25-9-3)17-12(21)24-8-2/h7-9H2,1-6H3,(H,17,21). The van der Waals surface area contributed by atoms with E-state index in [0.717, 1.165) is 0 Å². The summed E-state index contributed by atoms with van der Waals surface area (Å²) in [7, 11) is 0. The van der Waals surface area contributed by atoms with Crippen LogP contribution >= 0.6 is 0 Å². The largest absolute Gasteiger partial charge is 0.462 e. The summed E-state index contributed by atoms with van der Waals surface area (Å²) in [6.07, 6.45) is -2.70. The maximum absolute atomic E-state index is 15.6. The molecule has 25 heavy (non-hydrogen) atoms. The molecule has 0 aromatic rings. The first-order valence-electron chi connectivity index (χ1n) is 7.78. The Morgan fingerprint density at radius 1 is 0.920 bits per heavy atom. The Bertz CT molecular complexity index is 518. The van der Waals surface area contributed by atoms with E-state index in [1.165, 1.54) is 41.5 Å². The number of hydrogen-bond acceptors (Lipinski definition) is 7. The molecule has 0 saturated heterocycles. The minimum atomic E-state index is -3.63. The monoisotopic (exact) mass is 364 g/mol. The Morgan fingerprint density at radius 2 is 1.40 bits per heavy atom. The zero-order valence-electron chi connectivity index (χ0n) is 15.3. The van der Waals surface area contributed by atoms with Gasteiger partial charge in [0.15, 0.2) is 0 Å². The van der Waals surface area contributed by atoms with Gasteiger partial charge in [-0.2, -0.15) is 9.40 Å². The number of halogens is 1. The molecule has 0 rings (SSSR count). The van der Waals surface area contributed by atoms with Crippen LogP contribution in [0.5, 0.6) is 0 Å². The number of esters is 1. The van der Waals surface area contributed by atoms with Crippen molar-refractivity contribution in [3.05, 3.63) is 0 Å². The van der Waals surface area contributed by atoms with E-state index in [1.54, 1.807) is 5.43 Å². The Hall–Kier alpha value is -2.39. The molecule has 9 nitrogen and oxygen atoms in total. The van der Waals surface area contributed by atoms with E-state index < -0.39 is 35.1 Å². The third kappa shape index (κ3) is 5.57. The van der Waals surface area contributed by atoms with Crippen LogP contribution in [0.2, 0.25) is 0 Å². The highest BCUT2D eigenvalue weighted by Crippen LogP contribution is 2.30. The van der Waals surface area contributed by atoms with Crippen LogP contribution in [0.15, 0.2) is 0 Å². The average Bonchev–Trinajstić information content (AvgIpc) is 2.50. The molecule has 0 radical (unpaired) electrons. The smallest absolute Gasteiger partial charge is 0.432 e. The number of carbonyl (C=O) groups excluding carboxylic acids is 4. The molecular weight excluding hydrogens is 339 g/mol. The Labute approximate surface area is 145 Å². The lowest BCUT2D eigenvalue weighted by molar-refractivity contribution is -0.182. The van der Waals surface area contributed by atoms with Crippen LogP contribution in [-0.4, -0.2) is 54.6 Å². The lowest BCUT2D eigenvalue weighted by Crippen LogP contribution is -2.67. The summed E-state index contributed by atoms with van der Waals surface area (Å²) in [6, 6.07) is 0. The van der Waals surface area contributed by atoms with Crippen LogP contribution in [0.25, 0.3) is 0 Å². The van der Waals surface area contributed by atoms with E-state index in [0.29, 0.717) is 0 Å². The van der Waals surface area contributed by atoms with E-state index >= 15 is 4.39 Å². The van der Waals surface area contributed by atoms with E-state index in [1.807, 2.05) is 0 Å². The fourth-order valence-corrected chi connectivity index (χ4v) is 1.70. The van der Waals surface area contributed by atoms with E-state index in [9.17, 15) is 19.2 Å². The highest BCUT2D eigenvalue weighted by Gasteiger charge is 2.60. The van der Waals surface area contributed by atoms with Crippen LogP contribution in [0.4, 0.5) is 14.0 Å². The number of nitrogens with zero attached hydrogens (tertiary/aromatic N) is 1. The van der Waals surface area contributed by atoms with Gasteiger partial charge in [0, 0.05) is 5.41 Å². The van der Waals surface area contributed by atoms with Gasteiger partial charge in [0.05, 0.1) is 19.8 Å². The molecule has 0 fully saturated rings. The number of rotatable bonds is 6. The molecule has 0 spiro atoms. The number of alkyl halides is 1. The normalized spacial score (nSPS) is 13.2. The summed E-state index contributed by atoms with van der Waals surface area (Å²) in [5.41, 5.74) is 0.350. The minimum absolute atomic E-state index is 0.0889. The van der Waals surface area contributed by atoms with Crippen molar-refractivity contribution >= 4 is 23.9 Å². The third-order valence-corrected chi connectivity index (χ3v) is 2.77. The fraction of sp³-hybridized carbons (Fsp3) is 0.733. The van der Waals surface area contributed by atoms with E-state index in [2.05, 4.69) is 14.2 Å². The number of amides is 2. The summed E-state index contributed by atoms with van der Waals surface area (Å²) in [6.45, 7) is 7.80. The van der Waals surface area contributed by atoms with Gasteiger partial charge in [-0.05, 0) is 20.8 Å². The molecule has 0 aliphatic carbocycles. The Balaban J connectivity index is 6.13. The van der Waals surface area contributed by atoms with Crippen molar-refractivity contribution in [3.8, 4) is 0 Å². The number of hydrogen-bond donors (Lipinski definition) is 1. The topological polar surface area (TPSA) is 111 Å². The molecule has 0 saturated carbocycles. The predicted molar refractivity (Wildman–Crippen MR) is 84.0 cm³/mol. The van der Waals surface area contributed by atoms with Crippen molar-refractivity contribution in [3.63, 3.8) is 0 Å². The van der Waals surface area contributed by atoms with Crippen LogP contribution in [0, 0.1) is 5.41 Å². The molecule has 0 aliphatic heterocycles. The Kier molecular flexibility index (Phi) is 8.31. The molecule has 0 aliphatic rings. The summed E-state index contributed by atoms with van der Waals surface area (Å²) < 4.78 is 29.4. The lowest BCUT2D eigenvalue weighted by atomic mass is 9.85. The molecule has 0 heterocycles. The van der Waals surface area contributed by atoms with Gasteiger partial charge in [-0.15, -0.1) is 0 Å². The molecule has 0 aromatic carbocycles. The molecule has 1 N–H and O–H groups in total. The zero-order valence-corrected chi connectivity index (χ0v) is 15.3. The van der Waals surface area contributed by atoms with Crippen molar-refractivity contribution in [1.29, 1.82) is 0 Å². The molecular formula is C15H25FN2O7. The van der Waals surface area contributed by atoms with Crippen molar-refractivity contribution in [1.82, 2.24) is 10.4 Å². The van der Waals surface area contributed by atoms with Crippen LogP contribution < -0.4 is 5.43 Å². The lowest BCUT2D eigenvalue weighted by Gasteiger charge is -2.35. The third-order valence-electron chi connectivity index (χ3n) is 2.77. The maximum Gasteiger partial charge on any atom is 0.432 e. The van der Waals surface area contributed by atoms with Gasteiger partial charge in [-0.3, -0.25) is 4.79 Å². The molecule has 10 heteroatoms. The van der Waals surface area contributed by atoms with Gasteiger partial charge in [-0.1, -0.05) is 20.8 Å². The minimum Gasteiger partial charge on any atom is -0.462 e. The van der Waals surface area contributed by atoms with Crippen LogP contribution in [-0.2, 0) is 23.8 Å². The number of carbonyl (C=O) groups is 4. The summed E-state index contributed by atoms with van der Waals surface area (Å²) in [5, 5.41) is -0.139. The van der Waals surface area contributed by atoms with Gasteiger partial charge < -0.3 is 14.2 Å². The zero-order chi connectivity index (χ0) is 19.8. The fourth-order valence-electron chi connectivity index (χ4n) is 1.70. The predicted octanol–water partition coefficient (Wildman–Crippen LogP) is 1.95. The van der Waals surface area contributed by atoms with Crippen LogP contribution in [0.3, 0.4) is 0 Å². The van der Waals surface area contributed by atoms with Crippen LogP contribution in [0.1, 0.15) is 41.5 Å². The number of nitrogens with one attached hydrogen (secondary N) is 1. The van der Waals surface area contributed by atoms with Gasteiger partial charge >= 0.3 is 23.9 Å². The highest BCUT2D eigenvalue weighted by atomic mass is 19.1. The molecule has 1 unspecified atom stereocenters. The summed E-state index contributed by atoms with van der Waals surface area (Å²) in [4.78, 5) is 48.5. The SMILES string of the molecule is CCOC(=O)NN(C(=O)OCC)C(F)(C(=O)OCC)C(=O)C(C)(C)C. The number of Topliss-reactive ketones (excluding diaryl/α,β-unsaturated/α-hetero) is 1. The van der Waals surface area contributed by atoms with Gasteiger partial charge in [0.1, 0.15) is 0 Å². The molecule has 1 atom stereocenters. The number of hydrazine groups is 1. The van der Waals surface area contributed by atoms with Gasteiger partial charge in [-0.25, -0.2) is 19.8 Å². The van der Waals surface area contributed by atoms with E-state index in [-0.39, 0.29) is 24.8 Å². The second kappa shape index (κ2) is 9.19. The van der Waals surface area contributed by atoms with Crippen molar-refractivity contribution < 1.29 is 37.8 Å². The van der Waals surface area contributed by atoms with Gasteiger partial charge in [0.2, 0.25) is 5.78 Å². The second-order valence-corrected chi connectivity index (χ2v) is 5.79. The molecule has 2 amide bonds. The first-order valence-corrected chi connectivity index (χ1v) is 7.78. The number of ketones is 1. The van der Waals surface area contributed by atoms with Gasteiger partial charge in [0.25, 0.3) is 0 Å². The highest BCUT2D eigenvalue weighted by molar-refractivity contribution is 6.10. The first kappa shape index (κ1) is 22.6. The first-order chi connectivity index (χ1) is 11.5. The second-order valence-electron chi connectivity index (χ2n) is 5.79. The van der Waals surface area contributed by atoms with Crippen molar-refractivity contribution in [2.24, 2.45) is 5.41 Å².